The highest BCUT2D eigenvalue weighted by molar-refractivity contribution is 5.69. The zero-order chi connectivity index (χ0) is 12.1. The average Bonchev–Trinajstić information content (AvgIpc) is 3.00. The predicted molar refractivity (Wildman–Crippen MR) is 51.3 cm³/mol. The molecule has 2 aromatic heterocycles. The molecule has 17 heavy (non-hydrogen) atoms. The van der Waals surface area contributed by atoms with Crippen LogP contribution in [0.2, 0.25) is 0 Å². The molecule has 0 N–H and O–H groups in total. The third-order valence-corrected chi connectivity index (χ3v) is 1.92. The largest absolute Gasteiger partial charge is 0.466 e. The van der Waals surface area contributed by atoms with Gasteiger partial charge in [-0.3, -0.25) is 4.79 Å². The number of carbonyl (C=O) groups excluding carboxylic acids is 1. The van der Waals surface area contributed by atoms with Gasteiger partial charge < -0.3 is 4.74 Å². The molecular formula is C7H10N8O2. The SMILES string of the molecule is CCOC(=O)CC(n1ncnn1)n1ncnn1. The van der Waals surface area contributed by atoms with Gasteiger partial charge in [-0.25, -0.2) is 0 Å². The minimum absolute atomic E-state index is 0.000556. The molecule has 0 aliphatic rings. The number of rotatable bonds is 5. The van der Waals surface area contributed by atoms with Crippen molar-refractivity contribution in [2.45, 2.75) is 19.5 Å². The highest BCUT2D eigenvalue weighted by Gasteiger charge is 2.22. The lowest BCUT2D eigenvalue weighted by Gasteiger charge is -2.12. The van der Waals surface area contributed by atoms with Crippen molar-refractivity contribution in [1.29, 1.82) is 0 Å². The summed E-state index contributed by atoms with van der Waals surface area (Å²) in [7, 11) is 0. The Morgan fingerprint density at radius 3 is 2.24 bits per heavy atom. The van der Waals surface area contributed by atoms with Crippen LogP contribution in [0.4, 0.5) is 0 Å². The van der Waals surface area contributed by atoms with Crippen LogP contribution in [0, 0.1) is 0 Å². The van der Waals surface area contributed by atoms with Gasteiger partial charge in [0.2, 0.25) is 0 Å². The molecule has 2 aromatic rings. The van der Waals surface area contributed by atoms with E-state index in [9.17, 15) is 4.79 Å². The van der Waals surface area contributed by atoms with Crippen molar-refractivity contribution in [3.05, 3.63) is 12.7 Å². The van der Waals surface area contributed by atoms with Crippen LogP contribution >= 0.6 is 0 Å². The maximum absolute atomic E-state index is 11.4. The van der Waals surface area contributed by atoms with E-state index in [1.54, 1.807) is 6.92 Å². The van der Waals surface area contributed by atoms with E-state index in [1.807, 2.05) is 0 Å². The fraction of sp³-hybridized carbons (Fsp3) is 0.571. The van der Waals surface area contributed by atoms with E-state index >= 15 is 0 Å². The Morgan fingerprint density at radius 1 is 1.24 bits per heavy atom. The van der Waals surface area contributed by atoms with Gasteiger partial charge in [0.1, 0.15) is 0 Å². The summed E-state index contributed by atoms with van der Waals surface area (Å²) in [6.07, 6.45) is 1.89. The molecule has 0 atom stereocenters. The van der Waals surface area contributed by atoms with Gasteiger partial charge in [-0.1, -0.05) is 0 Å². The first-order valence-electron chi connectivity index (χ1n) is 4.92. The summed E-state index contributed by atoms with van der Waals surface area (Å²) in [6, 6.07) is 0. The molecule has 0 unspecified atom stereocenters. The van der Waals surface area contributed by atoms with Crippen LogP contribution in [0.15, 0.2) is 12.7 Å². The molecule has 0 radical (unpaired) electrons. The molecule has 0 aliphatic heterocycles. The summed E-state index contributed by atoms with van der Waals surface area (Å²) < 4.78 is 4.85. The Balaban J connectivity index is 2.17. The van der Waals surface area contributed by atoms with Gasteiger partial charge >= 0.3 is 5.97 Å². The fourth-order valence-corrected chi connectivity index (χ4v) is 1.25. The molecule has 0 aromatic carbocycles. The molecule has 0 bridgehead atoms. The van der Waals surface area contributed by atoms with Gasteiger partial charge in [0.15, 0.2) is 18.8 Å². The van der Waals surface area contributed by atoms with Gasteiger partial charge in [0.25, 0.3) is 0 Å². The maximum atomic E-state index is 11.4. The Morgan fingerprint density at radius 2 is 1.82 bits per heavy atom. The number of aromatic nitrogens is 8. The molecule has 0 saturated heterocycles. The van der Waals surface area contributed by atoms with Crippen molar-refractivity contribution >= 4 is 5.97 Å². The van der Waals surface area contributed by atoms with Gasteiger partial charge in [0, 0.05) is 0 Å². The summed E-state index contributed by atoms with van der Waals surface area (Å²) in [5, 5.41) is 22.2. The number of esters is 1. The molecule has 0 spiro atoms. The molecule has 0 amide bonds. The van der Waals surface area contributed by atoms with E-state index in [2.05, 4.69) is 30.8 Å². The van der Waals surface area contributed by atoms with Crippen LogP contribution in [0.5, 0.6) is 0 Å². The molecule has 90 valence electrons. The van der Waals surface area contributed by atoms with E-state index in [-0.39, 0.29) is 6.42 Å². The van der Waals surface area contributed by atoms with Crippen molar-refractivity contribution in [2.75, 3.05) is 6.61 Å². The first-order chi connectivity index (χ1) is 8.31. The lowest BCUT2D eigenvalue weighted by Crippen LogP contribution is -2.26. The number of hydrogen-bond acceptors (Lipinski definition) is 8. The Labute approximate surface area is 95.6 Å². The minimum atomic E-state index is -0.626. The smallest absolute Gasteiger partial charge is 0.310 e. The third kappa shape index (κ3) is 2.59. The summed E-state index contributed by atoms with van der Waals surface area (Å²) >= 11 is 0. The average molecular weight is 238 g/mol. The maximum Gasteiger partial charge on any atom is 0.310 e. The van der Waals surface area contributed by atoms with Crippen molar-refractivity contribution in [3.63, 3.8) is 0 Å². The van der Waals surface area contributed by atoms with Gasteiger partial charge in [-0.15, -0.1) is 30.0 Å². The number of tetrazole rings is 2. The molecule has 2 heterocycles. The lowest BCUT2D eigenvalue weighted by molar-refractivity contribution is -0.144. The Kier molecular flexibility index (Phi) is 3.33. The van der Waals surface area contributed by atoms with Crippen LogP contribution in [0.25, 0.3) is 0 Å². The van der Waals surface area contributed by atoms with Crippen molar-refractivity contribution < 1.29 is 9.53 Å². The first-order valence-corrected chi connectivity index (χ1v) is 4.92. The van der Waals surface area contributed by atoms with Crippen LogP contribution in [0.1, 0.15) is 19.5 Å². The number of hydrogen-bond donors (Lipinski definition) is 0. The summed E-state index contributed by atoms with van der Waals surface area (Å²) in [5.74, 6) is -0.396. The zero-order valence-electron chi connectivity index (χ0n) is 9.04. The quantitative estimate of drug-likeness (QED) is 0.588. The molecule has 0 aliphatic carbocycles. The molecular weight excluding hydrogens is 228 g/mol. The van der Waals surface area contributed by atoms with Gasteiger partial charge in [0.05, 0.1) is 13.0 Å². The molecule has 0 fully saturated rings. The highest BCUT2D eigenvalue weighted by atomic mass is 16.5. The van der Waals surface area contributed by atoms with Crippen LogP contribution < -0.4 is 0 Å². The number of carbonyl (C=O) groups is 1. The Hall–Kier alpha value is -2.39. The van der Waals surface area contributed by atoms with Gasteiger partial charge in [-0.2, -0.15) is 0 Å². The normalized spacial score (nSPS) is 10.7. The fourth-order valence-electron chi connectivity index (χ4n) is 1.25. The minimum Gasteiger partial charge on any atom is -0.466 e. The van der Waals surface area contributed by atoms with E-state index in [4.69, 9.17) is 4.74 Å². The molecule has 2 rings (SSSR count). The van der Waals surface area contributed by atoms with E-state index in [1.165, 1.54) is 22.2 Å². The van der Waals surface area contributed by atoms with E-state index < -0.39 is 12.1 Å². The molecule has 0 saturated carbocycles. The van der Waals surface area contributed by atoms with Crippen molar-refractivity contribution in [1.82, 2.24) is 40.4 Å². The first kappa shape index (κ1) is 11.1. The third-order valence-electron chi connectivity index (χ3n) is 1.92. The number of ether oxygens (including phenoxy) is 1. The number of nitrogens with zero attached hydrogens (tertiary/aromatic N) is 8. The van der Waals surface area contributed by atoms with Crippen LogP contribution in [0.3, 0.4) is 0 Å². The topological polar surface area (TPSA) is 114 Å². The monoisotopic (exact) mass is 238 g/mol. The summed E-state index contributed by atoms with van der Waals surface area (Å²) in [4.78, 5) is 13.9. The van der Waals surface area contributed by atoms with Crippen LogP contribution in [-0.2, 0) is 9.53 Å². The second kappa shape index (κ2) is 5.09. The predicted octanol–water partition coefficient (Wildman–Crippen LogP) is -1.34. The second-order valence-corrected chi connectivity index (χ2v) is 3.00. The summed E-state index contributed by atoms with van der Waals surface area (Å²) in [5.41, 5.74) is 0. The van der Waals surface area contributed by atoms with E-state index in [0.29, 0.717) is 6.61 Å². The lowest BCUT2D eigenvalue weighted by atomic mass is 10.3. The van der Waals surface area contributed by atoms with E-state index in [0.717, 1.165) is 0 Å². The summed E-state index contributed by atoms with van der Waals surface area (Å²) in [6.45, 7) is 2.04. The van der Waals surface area contributed by atoms with Gasteiger partial charge in [-0.05, 0) is 17.4 Å². The van der Waals surface area contributed by atoms with Crippen molar-refractivity contribution in [2.24, 2.45) is 0 Å². The van der Waals surface area contributed by atoms with Crippen molar-refractivity contribution in [3.8, 4) is 0 Å². The standard InChI is InChI=1S/C7H10N8O2/c1-2-17-7(16)3-6(14-10-4-8-12-14)15-11-5-9-13-15/h4-6H,2-3H2,1H3. The zero-order valence-corrected chi connectivity index (χ0v) is 9.04. The molecule has 10 nitrogen and oxygen atoms in total. The highest BCUT2D eigenvalue weighted by Crippen LogP contribution is 2.09. The second-order valence-electron chi connectivity index (χ2n) is 3.00. The molecule has 10 heteroatoms. The van der Waals surface area contributed by atoms with Crippen LogP contribution in [-0.4, -0.2) is 53.0 Å². The Bertz CT molecular complexity index is 418.